The van der Waals surface area contributed by atoms with Crippen LogP contribution in [-0.4, -0.2) is 17.7 Å². The molecule has 1 aromatic rings. The Morgan fingerprint density at radius 1 is 1.60 bits per heavy atom. The molecule has 5 heteroatoms. The number of hydrogen-bond acceptors (Lipinski definition) is 2. The summed E-state index contributed by atoms with van der Waals surface area (Å²) in [4.78, 5) is 5.09. The summed E-state index contributed by atoms with van der Waals surface area (Å²) in [6.07, 6.45) is 0.604. The molecular formula is C10H8BrClFNO. The van der Waals surface area contributed by atoms with Crippen LogP contribution in [0.1, 0.15) is 12.0 Å². The maximum absolute atomic E-state index is 13.0. The summed E-state index contributed by atoms with van der Waals surface area (Å²) in [6.45, 7) is 0. The van der Waals surface area contributed by atoms with Crippen molar-refractivity contribution in [1.82, 2.24) is 0 Å². The van der Waals surface area contributed by atoms with Gasteiger partial charge in [-0.25, -0.2) is 4.39 Å². The molecule has 0 bridgehead atoms. The summed E-state index contributed by atoms with van der Waals surface area (Å²) in [5.41, 5.74) is 1.66. The van der Waals surface area contributed by atoms with Crippen LogP contribution >= 0.6 is 27.5 Å². The van der Waals surface area contributed by atoms with Crippen molar-refractivity contribution in [3.63, 3.8) is 0 Å². The van der Waals surface area contributed by atoms with Crippen LogP contribution in [-0.2, 0) is 4.84 Å². The molecule has 1 aliphatic rings. The SMILES string of the molecule is Fc1ccc(C2=NOC(CCl)C2)cc1Br. The highest BCUT2D eigenvalue weighted by molar-refractivity contribution is 9.10. The lowest BCUT2D eigenvalue weighted by molar-refractivity contribution is 0.102. The molecule has 0 amide bonds. The third-order valence-electron chi connectivity index (χ3n) is 2.16. The summed E-state index contributed by atoms with van der Waals surface area (Å²) in [6, 6.07) is 4.77. The zero-order chi connectivity index (χ0) is 10.8. The van der Waals surface area contributed by atoms with Crippen LogP contribution in [0.4, 0.5) is 4.39 Å². The van der Waals surface area contributed by atoms with E-state index in [0.717, 1.165) is 11.3 Å². The second kappa shape index (κ2) is 4.49. The van der Waals surface area contributed by atoms with Gasteiger partial charge in [0.1, 0.15) is 11.9 Å². The fourth-order valence-electron chi connectivity index (χ4n) is 1.36. The second-order valence-corrected chi connectivity index (χ2v) is 4.42. The zero-order valence-corrected chi connectivity index (χ0v) is 10.1. The highest BCUT2D eigenvalue weighted by atomic mass is 79.9. The smallest absolute Gasteiger partial charge is 0.146 e. The first-order chi connectivity index (χ1) is 7.20. The van der Waals surface area contributed by atoms with Gasteiger partial charge in [-0.15, -0.1) is 11.6 Å². The van der Waals surface area contributed by atoms with Gasteiger partial charge in [-0.3, -0.25) is 0 Å². The van der Waals surface area contributed by atoms with Gasteiger partial charge in [0.25, 0.3) is 0 Å². The number of halogens is 3. The molecule has 0 spiro atoms. The molecule has 2 nitrogen and oxygen atoms in total. The van der Waals surface area contributed by atoms with E-state index in [1.165, 1.54) is 6.07 Å². The van der Waals surface area contributed by atoms with E-state index in [0.29, 0.717) is 16.8 Å². The molecule has 1 heterocycles. The molecule has 0 N–H and O–H groups in total. The van der Waals surface area contributed by atoms with Crippen molar-refractivity contribution in [1.29, 1.82) is 0 Å². The Morgan fingerprint density at radius 2 is 2.40 bits per heavy atom. The molecule has 0 aliphatic carbocycles. The molecule has 1 atom stereocenters. The Morgan fingerprint density at radius 3 is 3.00 bits per heavy atom. The summed E-state index contributed by atoms with van der Waals surface area (Å²) >= 11 is 8.78. The monoisotopic (exact) mass is 291 g/mol. The van der Waals surface area contributed by atoms with Gasteiger partial charge < -0.3 is 4.84 Å². The molecule has 1 aromatic carbocycles. The molecule has 1 unspecified atom stereocenters. The first-order valence-electron chi connectivity index (χ1n) is 4.45. The van der Waals surface area contributed by atoms with E-state index < -0.39 is 0 Å². The van der Waals surface area contributed by atoms with E-state index in [1.54, 1.807) is 12.1 Å². The minimum atomic E-state index is -0.285. The van der Waals surface area contributed by atoms with Crippen LogP contribution < -0.4 is 0 Å². The van der Waals surface area contributed by atoms with Crippen molar-refractivity contribution in [3.05, 3.63) is 34.1 Å². The molecule has 15 heavy (non-hydrogen) atoms. The van der Waals surface area contributed by atoms with E-state index in [2.05, 4.69) is 21.1 Å². The quantitative estimate of drug-likeness (QED) is 0.766. The lowest BCUT2D eigenvalue weighted by Crippen LogP contribution is -2.09. The summed E-state index contributed by atoms with van der Waals surface area (Å²) in [5, 5.41) is 3.92. The Labute approximate surface area is 100 Å². The van der Waals surface area contributed by atoms with Crippen molar-refractivity contribution in [2.24, 2.45) is 5.16 Å². The Balaban J connectivity index is 2.21. The van der Waals surface area contributed by atoms with Crippen LogP contribution in [0.5, 0.6) is 0 Å². The number of oxime groups is 1. The third kappa shape index (κ3) is 2.32. The van der Waals surface area contributed by atoms with Gasteiger partial charge in [0, 0.05) is 12.0 Å². The summed E-state index contributed by atoms with van der Waals surface area (Å²) < 4.78 is 13.4. The van der Waals surface area contributed by atoms with E-state index in [1.807, 2.05) is 0 Å². The lowest BCUT2D eigenvalue weighted by Gasteiger charge is -2.02. The average molecular weight is 293 g/mol. The van der Waals surface area contributed by atoms with Gasteiger partial charge in [-0.05, 0) is 28.1 Å². The largest absolute Gasteiger partial charge is 0.391 e. The standard InChI is InChI=1S/C10H8BrClFNO/c11-8-3-6(1-2-9(8)13)10-4-7(5-12)15-14-10/h1-3,7H,4-5H2. The summed E-state index contributed by atoms with van der Waals surface area (Å²) in [5.74, 6) is 0.127. The van der Waals surface area contributed by atoms with Gasteiger partial charge in [0.15, 0.2) is 0 Å². The molecule has 0 fully saturated rings. The molecule has 80 valence electrons. The predicted octanol–water partition coefficient (Wildman–Crippen LogP) is 3.32. The minimum absolute atomic E-state index is 0.0644. The van der Waals surface area contributed by atoms with E-state index in [9.17, 15) is 4.39 Å². The van der Waals surface area contributed by atoms with Gasteiger partial charge in [0.05, 0.1) is 16.1 Å². The van der Waals surface area contributed by atoms with Gasteiger partial charge >= 0.3 is 0 Å². The summed E-state index contributed by atoms with van der Waals surface area (Å²) in [7, 11) is 0. The average Bonchev–Trinajstić information content (AvgIpc) is 2.70. The number of rotatable bonds is 2. The van der Waals surface area contributed by atoms with Gasteiger partial charge in [-0.1, -0.05) is 11.2 Å². The highest BCUT2D eigenvalue weighted by Gasteiger charge is 2.21. The Kier molecular flexibility index (Phi) is 3.26. The molecule has 0 radical (unpaired) electrons. The Hall–Kier alpha value is -0.610. The van der Waals surface area contributed by atoms with Crippen LogP contribution in [0.3, 0.4) is 0 Å². The van der Waals surface area contributed by atoms with Crippen molar-refractivity contribution in [3.8, 4) is 0 Å². The van der Waals surface area contributed by atoms with Crippen LogP contribution in [0, 0.1) is 5.82 Å². The molecule has 1 aliphatic heterocycles. The van der Waals surface area contributed by atoms with Crippen molar-refractivity contribution in [2.75, 3.05) is 5.88 Å². The normalized spacial score (nSPS) is 19.9. The molecule has 0 saturated heterocycles. The molecule has 0 saturated carbocycles. The number of alkyl halides is 1. The molecular weight excluding hydrogens is 284 g/mol. The van der Waals surface area contributed by atoms with Crippen molar-refractivity contribution in [2.45, 2.75) is 12.5 Å². The lowest BCUT2D eigenvalue weighted by atomic mass is 10.1. The first kappa shape index (κ1) is 10.9. The molecule has 2 rings (SSSR count). The van der Waals surface area contributed by atoms with Gasteiger partial charge in [0.2, 0.25) is 0 Å². The van der Waals surface area contributed by atoms with E-state index in [4.69, 9.17) is 16.4 Å². The van der Waals surface area contributed by atoms with Crippen LogP contribution in [0.2, 0.25) is 0 Å². The van der Waals surface area contributed by atoms with Gasteiger partial charge in [-0.2, -0.15) is 0 Å². The van der Waals surface area contributed by atoms with Crippen LogP contribution in [0.25, 0.3) is 0 Å². The Bertz CT molecular complexity index is 410. The maximum Gasteiger partial charge on any atom is 0.146 e. The first-order valence-corrected chi connectivity index (χ1v) is 5.77. The molecule has 0 aromatic heterocycles. The van der Waals surface area contributed by atoms with Crippen LogP contribution in [0.15, 0.2) is 27.8 Å². The predicted molar refractivity (Wildman–Crippen MR) is 60.8 cm³/mol. The third-order valence-corrected chi connectivity index (χ3v) is 3.11. The number of hydrogen-bond donors (Lipinski definition) is 0. The fourth-order valence-corrected chi connectivity index (χ4v) is 1.90. The highest BCUT2D eigenvalue weighted by Crippen LogP contribution is 2.22. The van der Waals surface area contributed by atoms with Crippen molar-refractivity contribution < 1.29 is 9.23 Å². The number of nitrogens with zero attached hydrogens (tertiary/aromatic N) is 1. The second-order valence-electron chi connectivity index (χ2n) is 3.25. The number of benzene rings is 1. The zero-order valence-electron chi connectivity index (χ0n) is 7.71. The maximum atomic E-state index is 13.0. The minimum Gasteiger partial charge on any atom is -0.391 e. The van der Waals surface area contributed by atoms with E-state index in [-0.39, 0.29) is 11.9 Å². The fraction of sp³-hybridized carbons (Fsp3) is 0.300. The topological polar surface area (TPSA) is 21.6 Å². The van der Waals surface area contributed by atoms with Crippen molar-refractivity contribution >= 4 is 33.2 Å². The van der Waals surface area contributed by atoms with E-state index >= 15 is 0 Å².